The van der Waals surface area contributed by atoms with Gasteiger partial charge in [0.1, 0.15) is 10.8 Å². The summed E-state index contributed by atoms with van der Waals surface area (Å²) in [6, 6.07) is 0. The largest absolute Gasteiger partial charge is 0.512 e. The Hall–Kier alpha value is -0.770. The molecule has 1 aliphatic rings. The zero-order chi connectivity index (χ0) is 9.14. The van der Waals surface area contributed by atoms with E-state index in [1.54, 1.807) is 0 Å². The molecule has 0 atom stereocenters. The first kappa shape index (κ1) is 9.32. The van der Waals surface area contributed by atoms with Crippen LogP contribution in [0.1, 0.15) is 13.8 Å². The van der Waals surface area contributed by atoms with E-state index in [1.165, 1.54) is 25.6 Å². The maximum Gasteiger partial charge on any atom is 0.165 e. The van der Waals surface area contributed by atoms with Gasteiger partial charge in [-0.25, -0.2) is 0 Å². The molecule has 3 nitrogen and oxygen atoms in total. The summed E-state index contributed by atoms with van der Waals surface area (Å²) in [5.74, 6) is 0.846. The average molecular weight is 185 g/mol. The number of ketones is 1. The quantitative estimate of drug-likeness (QED) is 0.524. The Balaban J connectivity index is 2.95. The summed E-state index contributed by atoms with van der Waals surface area (Å²) in [5, 5.41) is 9.89. The zero-order valence-corrected chi connectivity index (χ0v) is 7.94. The van der Waals surface area contributed by atoms with Crippen molar-refractivity contribution < 1.29 is 9.90 Å². The number of aliphatic imine (C=N–C) groups is 1. The van der Waals surface area contributed by atoms with E-state index in [0.717, 1.165) is 12.3 Å². The van der Waals surface area contributed by atoms with Crippen LogP contribution in [-0.4, -0.2) is 28.2 Å². The van der Waals surface area contributed by atoms with Crippen LogP contribution in [0.3, 0.4) is 0 Å². The van der Waals surface area contributed by atoms with Gasteiger partial charge in [-0.15, -0.1) is 11.8 Å². The molecule has 0 aromatic carbocycles. The molecule has 0 spiro atoms. The number of allylic oxidation sites excluding steroid dienone is 1. The first-order valence-corrected chi connectivity index (χ1v) is 4.70. The Morgan fingerprint density at radius 3 is 2.58 bits per heavy atom. The lowest BCUT2D eigenvalue weighted by atomic mass is 10.2. The van der Waals surface area contributed by atoms with Gasteiger partial charge in [0.05, 0.1) is 5.57 Å². The molecule has 0 aliphatic carbocycles. The van der Waals surface area contributed by atoms with Crippen molar-refractivity contribution in [1.29, 1.82) is 0 Å². The van der Waals surface area contributed by atoms with Crippen LogP contribution in [-0.2, 0) is 4.79 Å². The van der Waals surface area contributed by atoms with Crippen molar-refractivity contribution in [1.82, 2.24) is 0 Å². The third-order valence-electron chi connectivity index (χ3n) is 1.51. The Bertz CT molecular complexity index is 264. The van der Waals surface area contributed by atoms with E-state index in [-0.39, 0.29) is 11.5 Å². The van der Waals surface area contributed by atoms with Gasteiger partial charge < -0.3 is 5.11 Å². The number of hydrogen-bond acceptors (Lipinski definition) is 4. The monoisotopic (exact) mass is 185 g/mol. The fourth-order valence-electron chi connectivity index (χ4n) is 1.05. The van der Waals surface area contributed by atoms with Crippen LogP contribution in [0.2, 0.25) is 0 Å². The van der Waals surface area contributed by atoms with Crippen molar-refractivity contribution in [2.75, 3.05) is 12.3 Å². The van der Waals surface area contributed by atoms with Crippen LogP contribution >= 0.6 is 11.8 Å². The van der Waals surface area contributed by atoms with Crippen LogP contribution in [0.4, 0.5) is 0 Å². The lowest BCUT2D eigenvalue weighted by Crippen LogP contribution is -2.07. The number of carbonyl (C=O) groups excluding carboxylic acids is 1. The first-order valence-electron chi connectivity index (χ1n) is 3.71. The summed E-state index contributed by atoms with van der Waals surface area (Å²) in [6.07, 6.45) is 0. The highest BCUT2D eigenvalue weighted by molar-refractivity contribution is 8.14. The van der Waals surface area contributed by atoms with E-state index < -0.39 is 0 Å². The highest BCUT2D eigenvalue weighted by Gasteiger charge is 2.18. The first-order chi connectivity index (χ1) is 5.63. The van der Waals surface area contributed by atoms with Gasteiger partial charge in [-0.2, -0.15) is 0 Å². The normalized spacial score (nSPS) is 18.7. The molecule has 0 saturated carbocycles. The van der Waals surface area contributed by atoms with Crippen molar-refractivity contribution in [2.24, 2.45) is 4.99 Å². The summed E-state index contributed by atoms with van der Waals surface area (Å²) in [5.41, 5.74) is 0.373. The molecule has 0 aromatic rings. The molecule has 12 heavy (non-hydrogen) atoms. The smallest absolute Gasteiger partial charge is 0.165 e. The molecule has 0 radical (unpaired) electrons. The molecule has 0 fully saturated rings. The number of hydrogen-bond donors (Lipinski definition) is 1. The van der Waals surface area contributed by atoms with Crippen LogP contribution in [0.15, 0.2) is 16.3 Å². The number of Topliss-reactive ketones (excluding diaryl/α,β-unsaturated/α-hetero) is 1. The number of nitrogens with zero attached hydrogens (tertiary/aromatic N) is 1. The molecule has 1 aliphatic heterocycles. The van der Waals surface area contributed by atoms with Crippen LogP contribution in [0.25, 0.3) is 0 Å². The number of thioether (sulfide) groups is 1. The fraction of sp³-hybridized carbons (Fsp3) is 0.500. The van der Waals surface area contributed by atoms with E-state index in [1.807, 2.05) is 0 Å². The second kappa shape index (κ2) is 3.76. The summed E-state index contributed by atoms with van der Waals surface area (Å²) < 4.78 is 0. The van der Waals surface area contributed by atoms with Gasteiger partial charge in [0.15, 0.2) is 5.78 Å². The predicted molar refractivity (Wildman–Crippen MR) is 50.8 cm³/mol. The van der Waals surface area contributed by atoms with Crippen molar-refractivity contribution in [3.8, 4) is 0 Å². The standard InChI is InChI=1S/C8H11NO2S/c1-5(10)7(6(2)11)8-9-3-4-12-8/h10H,3-4H2,1-2H3/b7-5+. The van der Waals surface area contributed by atoms with Gasteiger partial charge in [-0.3, -0.25) is 9.79 Å². The molecule has 0 amide bonds. The van der Waals surface area contributed by atoms with Gasteiger partial charge >= 0.3 is 0 Å². The van der Waals surface area contributed by atoms with Gasteiger partial charge in [-0.1, -0.05) is 0 Å². The average Bonchev–Trinajstić information content (AvgIpc) is 2.37. The van der Waals surface area contributed by atoms with Gasteiger partial charge in [0.2, 0.25) is 0 Å². The summed E-state index contributed by atoms with van der Waals surface area (Å²) in [4.78, 5) is 15.2. The third kappa shape index (κ3) is 1.88. The summed E-state index contributed by atoms with van der Waals surface area (Å²) in [7, 11) is 0. The zero-order valence-electron chi connectivity index (χ0n) is 7.13. The van der Waals surface area contributed by atoms with E-state index in [4.69, 9.17) is 0 Å². The van der Waals surface area contributed by atoms with E-state index in [9.17, 15) is 9.90 Å². The van der Waals surface area contributed by atoms with E-state index >= 15 is 0 Å². The SMILES string of the molecule is CC(=O)/C(C1=NCCS1)=C(/C)O. The molecule has 1 heterocycles. The molecular formula is C8H11NO2S. The molecular weight excluding hydrogens is 174 g/mol. The molecule has 1 N–H and O–H groups in total. The van der Waals surface area contributed by atoms with Crippen molar-refractivity contribution in [3.63, 3.8) is 0 Å². The summed E-state index contributed by atoms with van der Waals surface area (Å²) >= 11 is 1.52. The molecule has 66 valence electrons. The highest BCUT2D eigenvalue weighted by Crippen LogP contribution is 2.20. The summed E-state index contributed by atoms with van der Waals surface area (Å²) in [6.45, 7) is 3.69. The Morgan fingerprint density at radius 1 is 1.58 bits per heavy atom. The van der Waals surface area contributed by atoms with E-state index in [2.05, 4.69) is 4.99 Å². The Kier molecular flexibility index (Phi) is 2.92. The van der Waals surface area contributed by atoms with Crippen molar-refractivity contribution in [3.05, 3.63) is 11.3 Å². The maximum absolute atomic E-state index is 11.1. The minimum absolute atomic E-state index is 0.0654. The fourth-order valence-corrected chi connectivity index (χ4v) is 2.04. The van der Waals surface area contributed by atoms with Crippen LogP contribution < -0.4 is 0 Å². The minimum Gasteiger partial charge on any atom is -0.512 e. The second-order valence-electron chi connectivity index (χ2n) is 2.55. The molecule has 0 unspecified atom stereocenters. The third-order valence-corrected chi connectivity index (χ3v) is 2.51. The molecule has 4 heteroatoms. The topological polar surface area (TPSA) is 49.7 Å². The predicted octanol–water partition coefficient (Wildman–Crippen LogP) is 1.55. The van der Waals surface area contributed by atoms with Gasteiger partial charge in [0, 0.05) is 12.3 Å². The molecule has 0 bridgehead atoms. The van der Waals surface area contributed by atoms with Gasteiger partial charge in [0.25, 0.3) is 0 Å². The van der Waals surface area contributed by atoms with Gasteiger partial charge in [-0.05, 0) is 13.8 Å². The number of aliphatic hydroxyl groups is 1. The van der Waals surface area contributed by atoms with Crippen molar-refractivity contribution in [2.45, 2.75) is 13.8 Å². The van der Waals surface area contributed by atoms with Crippen LogP contribution in [0, 0.1) is 0 Å². The lowest BCUT2D eigenvalue weighted by Gasteiger charge is -2.02. The molecule has 0 aromatic heterocycles. The lowest BCUT2D eigenvalue weighted by molar-refractivity contribution is -0.113. The second-order valence-corrected chi connectivity index (χ2v) is 3.64. The van der Waals surface area contributed by atoms with Crippen molar-refractivity contribution >= 4 is 22.6 Å². The molecule has 1 rings (SSSR count). The van der Waals surface area contributed by atoms with E-state index in [0.29, 0.717) is 10.6 Å². The number of rotatable bonds is 2. The Labute approximate surface area is 75.6 Å². The molecule has 0 saturated heterocycles. The Morgan fingerprint density at radius 2 is 2.25 bits per heavy atom. The number of aliphatic hydroxyl groups excluding tert-OH is 1. The minimum atomic E-state index is -0.122. The van der Waals surface area contributed by atoms with Crippen LogP contribution in [0.5, 0.6) is 0 Å². The maximum atomic E-state index is 11.1. The number of carbonyl (C=O) groups is 1. The highest BCUT2D eigenvalue weighted by atomic mass is 32.2.